The standard InChI is InChI=1S/C42H50N10O5/c1-24(2)18-36(53)44-23-37(54)51-16-6-8-34(51)39-46-22-33(49-39)28-14-15-29-30(19-28)43-20-31(47-29)26-10-12-27(13-11-26)32-21-45-40(48-32)35-9-7-17-52(35)41(55)38(25(3)4)50-42(56)57-5/h10-15,19-22,24-25,34-35,38H,6-9,16-18,23H2,1-5H3,(H,44,53)(H,45,48)(H,46,49)(H,50,56)/t34-,35-,38-/m0/s1. The second kappa shape index (κ2) is 16.9. The SMILES string of the molecule is COC(=O)N[C@H](C(=O)N1CCC[C@H]1c1ncc(-c2ccc(-c3cnc4cc(-c5cnc([C@@H]6CCCN6C(=O)CNC(=O)CC(C)C)[nH]5)ccc4n3)cc2)[nH]1)C(C)C. The van der Waals surface area contributed by atoms with Gasteiger partial charge in [0.1, 0.15) is 17.7 Å². The fourth-order valence-electron chi connectivity index (χ4n) is 7.70. The lowest BCUT2D eigenvalue weighted by molar-refractivity contribution is -0.135. The van der Waals surface area contributed by atoms with E-state index in [2.05, 4.69) is 30.6 Å². The summed E-state index contributed by atoms with van der Waals surface area (Å²) in [5.74, 6) is 1.18. The van der Waals surface area contributed by atoms with Crippen LogP contribution in [0.15, 0.2) is 61.1 Å². The first-order chi connectivity index (χ1) is 27.5. The van der Waals surface area contributed by atoms with Crippen molar-refractivity contribution in [2.45, 2.75) is 77.9 Å². The zero-order valence-corrected chi connectivity index (χ0v) is 33.0. The molecule has 0 bridgehead atoms. The first-order valence-corrected chi connectivity index (χ1v) is 19.7. The highest BCUT2D eigenvalue weighted by Crippen LogP contribution is 2.34. The Hall–Kier alpha value is -6.12. The van der Waals surface area contributed by atoms with Crippen molar-refractivity contribution in [1.82, 2.24) is 50.3 Å². The summed E-state index contributed by atoms with van der Waals surface area (Å²) in [4.78, 5) is 80.0. The first-order valence-electron chi connectivity index (χ1n) is 19.7. The molecular formula is C42H50N10O5. The number of aromatic amines is 2. The van der Waals surface area contributed by atoms with E-state index >= 15 is 0 Å². The molecule has 4 N–H and O–H groups in total. The van der Waals surface area contributed by atoms with E-state index in [1.807, 2.05) is 70.2 Å². The van der Waals surface area contributed by atoms with Gasteiger partial charge in [0.05, 0.1) is 72.4 Å². The molecule has 3 aromatic heterocycles. The average molecular weight is 775 g/mol. The van der Waals surface area contributed by atoms with Gasteiger partial charge in [-0.1, -0.05) is 58.0 Å². The molecule has 15 nitrogen and oxygen atoms in total. The molecule has 57 heavy (non-hydrogen) atoms. The van der Waals surface area contributed by atoms with Gasteiger partial charge in [0.15, 0.2) is 0 Å². The van der Waals surface area contributed by atoms with Crippen molar-refractivity contribution in [1.29, 1.82) is 0 Å². The number of likely N-dealkylation sites (tertiary alicyclic amines) is 2. The number of imidazole rings is 2. The number of rotatable bonds is 12. The lowest BCUT2D eigenvalue weighted by Gasteiger charge is -2.30. The smallest absolute Gasteiger partial charge is 0.407 e. The largest absolute Gasteiger partial charge is 0.453 e. The Labute approximate surface area is 331 Å². The Balaban J connectivity index is 1.00. The number of nitrogens with zero attached hydrogens (tertiary/aromatic N) is 6. The minimum Gasteiger partial charge on any atom is -0.453 e. The molecule has 7 rings (SSSR count). The van der Waals surface area contributed by atoms with E-state index < -0.39 is 12.1 Å². The van der Waals surface area contributed by atoms with Crippen molar-refractivity contribution in [3.63, 3.8) is 0 Å². The van der Waals surface area contributed by atoms with Crippen LogP contribution in [0.1, 0.15) is 83.5 Å². The molecule has 2 aliphatic rings. The summed E-state index contributed by atoms with van der Waals surface area (Å²) in [6.07, 6.45) is 8.38. The van der Waals surface area contributed by atoms with Crippen LogP contribution in [0.2, 0.25) is 0 Å². The molecule has 5 heterocycles. The molecule has 15 heteroatoms. The first kappa shape index (κ1) is 39.1. The summed E-state index contributed by atoms with van der Waals surface area (Å²) in [6.45, 7) is 8.94. The maximum atomic E-state index is 13.5. The predicted octanol–water partition coefficient (Wildman–Crippen LogP) is 5.95. The van der Waals surface area contributed by atoms with E-state index in [9.17, 15) is 19.2 Å². The predicted molar refractivity (Wildman–Crippen MR) is 214 cm³/mol. The number of ether oxygens (including phenoxy) is 1. The zero-order valence-electron chi connectivity index (χ0n) is 33.0. The van der Waals surface area contributed by atoms with Gasteiger partial charge >= 0.3 is 6.09 Å². The van der Waals surface area contributed by atoms with Crippen molar-refractivity contribution in [3.05, 3.63) is 72.7 Å². The van der Waals surface area contributed by atoms with E-state index in [1.165, 1.54) is 7.11 Å². The summed E-state index contributed by atoms with van der Waals surface area (Å²) in [5.41, 5.74) is 6.65. The fraction of sp³-hybridized carbons (Fsp3) is 0.429. The number of nitrogens with one attached hydrogen (secondary N) is 4. The van der Waals surface area contributed by atoms with Crippen LogP contribution in [0.25, 0.3) is 44.8 Å². The highest BCUT2D eigenvalue weighted by Gasteiger charge is 2.37. The van der Waals surface area contributed by atoms with Gasteiger partial charge in [-0.05, 0) is 55.2 Å². The minimum absolute atomic E-state index is 0.0141. The van der Waals surface area contributed by atoms with Crippen molar-refractivity contribution >= 4 is 34.8 Å². The third kappa shape index (κ3) is 8.66. The van der Waals surface area contributed by atoms with Crippen LogP contribution >= 0.6 is 0 Å². The van der Waals surface area contributed by atoms with Gasteiger partial charge in [-0.25, -0.2) is 19.7 Å². The lowest BCUT2D eigenvalue weighted by Crippen LogP contribution is -2.51. The fourth-order valence-corrected chi connectivity index (χ4v) is 7.70. The van der Waals surface area contributed by atoms with E-state index in [4.69, 9.17) is 14.7 Å². The number of alkyl carbamates (subject to hydrolysis) is 1. The van der Waals surface area contributed by atoms with E-state index in [0.29, 0.717) is 25.3 Å². The molecule has 0 spiro atoms. The minimum atomic E-state index is -0.694. The van der Waals surface area contributed by atoms with Crippen LogP contribution in [0.5, 0.6) is 0 Å². The molecule has 5 aromatic rings. The van der Waals surface area contributed by atoms with E-state index in [1.54, 1.807) is 28.4 Å². The molecule has 0 aliphatic carbocycles. The number of hydrogen-bond acceptors (Lipinski definition) is 9. The second-order valence-electron chi connectivity index (χ2n) is 15.6. The molecule has 4 amide bonds. The Morgan fingerprint density at radius 2 is 1.40 bits per heavy atom. The maximum Gasteiger partial charge on any atom is 0.407 e. The van der Waals surface area contributed by atoms with Crippen LogP contribution in [0, 0.1) is 11.8 Å². The molecule has 3 atom stereocenters. The topological polar surface area (TPSA) is 191 Å². The number of carbonyl (C=O) groups excluding carboxylic acids is 4. The Morgan fingerprint density at radius 3 is 2.05 bits per heavy atom. The summed E-state index contributed by atoms with van der Waals surface area (Å²) >= 11 is 0. The van der Waals surface area contributed by atoms with E-state index in [0.717, 1.165) is 76.3 Å². The van der Waals surface area contributed by atoms with Crippen molar-refractivity contribution in [2.24, 2.45) is 11.8 Å². The van der Waals surface area contributed by atoms with Crippen LogP contribution < -0.4 is 10.6 Å². The maximum absolute atomic E-state index is 13.5. The highest BCUT2D eigenvalue weighted by molar-refractivity contribution is 5.87. The number of H-pyrrole nitrogens is 2. The third-order valence-electron chi connectivity index (χ3n) is 10.7. The molecule has 2 aliphatic heterocycles. The molecule has 2 aromatic carbocycles. The average Bonchev–Trinajstić information content (AvgIpc) is 4.05. The molecule has 298 valence electrons. The molecule has 0 saturated carbocycles. The Kier molecular flexibility index (Phi) is 11.6. The number of fused-ring (bicyclic) bond motifs is 1. The molecule has 0 unspecified atom stereocenters. The summed E-state index contributed by atoms with van der Waals surface area (Å²) < 4.78 is 4.75. The normalized spacial score (nSPS) is 17.4. The van der Waals surface area contributed by atoms with Crippen molar-refractivity contribution < 1.29 is 23.9 Å². The summed E-state index contributed by atoms with van der Waals surface area (Å²) in [6, 6.07) is 12.8. The second-order valence-corrected chi connectivity index (χ2v) is 15.6. The quantitative estimate of drug-likeness (QED) is 0.119. The van der Waals surface area contributed by atoms with Crippen molar-refractivity contribution in [2.75, 3.05) is 26.7 Å². The third-order valence-corrected chi connectivity index (χ3v) is 10.7. The van der Waals surface area contributed by atoms with Gasteiger partial charge in [-0.3, -0.25) is 19.4 Å². The van der Waals surface area contributed by atoms with Crippen LogP contribution in [-0.4, -0.2) is 96.3 Å². The summed E-state index contributed by atoms with van der Waals surface area (Å²) in [5, 5.41) is 5.45. The van der Waals surface area contributed by atoms with Gasteiger partial charge in [-0.2, -0.15) is 0 Å². The van der Waals surface area contributed by atoms with Crippen LogP contribution in [-0.2, 0) is 19.1 Å². The monoisotopic (exact) mass is 774 g/mol. The van der Waals surface area contributed by atoms with E-state index in [-0.39, 0.29) is 48.2 Å². The van der Waals surface area contributed by atoms with Gasteiger partial charge in [0.25, 0.3) is 0 Å². The highest BCUT2D eigenvalue weighted by atomic mass is 16.5. The number of hydrogen-bond donors (Lipinski definition) is 4. The van der Waals surface area contributed by atoms with Gasteiger partial charge in [0.2, 0.25) is 17.7 Å². The Morgan fingerprint density at radius 1 is 0.789 bits per heavy atom. The Bertz CT molecular complexity index is 2250. The van der Waals surface area contributed by atoms with Gasteiger partial charge in [-0.15, -0.1) is 0 Å². The molecular weight excluding hydrogens is 725 g/mol. The number of amides is 4. The zero-order chi connectivity index (χ0) is 40.2. The van der Waals surface area contributed by atoms with Crippen LogP contribution in [0.4, 0.5) is 4.79 Å². The van der Waals surface area contributed by atoms with Gasteiger partial charge < -0.3 is 35.1 Å². The van der Waals surface area contributed by atoms with Crippen LogP contribution in [0.3, 0.4) is 0 Å². The number of carbonyl (C=O) groups is 4. The molecule has 0 radical (unpaired) electrons. The molecule has 2 saturated heterocycles. The lowest BCUT2D eigenvalue weighted by atomic mass is 10.0. The van der Waals surface area contributed by atoms with Gasteiger partial charge in [0, 0.05) is 30.6 Å². The van der Waals surface area contributed by atoms with Crippen molar-refractivity contribution in [3.8, 4) is 33.8 Å². The number of benzene rings is 2. The summed E-state index contributed by atoms with van der Waals surface area (Å²) in [7, 11) is 1.29. The number of aromatic nitrogens is 6. The molecule has 2 fully saturated rings. The number of methoxy groups -OCH3 is 1.